The molecule has 2 amide bonds. The van der Waals surface area contributed by atoms with Crippen LogP contribution < -0.4 is 20.7 Å². The van der Waals surface area contributed by atoms with Crippen LogP contribution >= 0.6 is 0 Å². The fraction of sp³-hybridized carbons (Fsp3) is 0.387. The molecule has 4 rings (SSSR count). The molecular formula is C31H34F5N5O5S. The van der Waals surface area contributed by atoms with E-state index in [1.807, 2.05) is 0 Å². The number of aromatic nitrogens is 1. The van der Waals surface area contributed by atoms with Crippen molar-refractivity contribution < 1.29 is 44.7 Å². The highest BCUT2D eigenvalue weighted by molar-refractivity contribution is 7.89. The zero-order valence-electron chi connectivity index (χ0n) is 25.5. The van der Waals surface area contributed by atoms with E-state index >= 15 is 0 Å². The largest absolute Gasteiger partial charge is 0.573 e. The number of hydrogen-bond acceptors (Lipinski definition) is 7. The molecule has 1 fully saturated rings. The smallest absolute Gasteiger partial charge is 0.406 e. The maximum Gasteiger partial charge on any atom is 0.573 e. The number of halogens is 5. The second kappa shape index (κ2) is 14.7. The number of nitrogens with zero attached hydrogens (tertiary/aromatic N) is 2. The van der Waals surface area contributed by atoms with Gasteiger partial charge in [-0.3, -0.25) is 14.6 Å². The average molecular weight is 684 g/mol. The van der Waals surface area contributed by atoms with Crippen LogP contribution in [0.1, 0.15) is 53.4 Å². The minimum Gasteiger partial charge on any atom is -0.406 e. The number of hydrogen-bond donors (Lipinski definition) is 3. The van der Waals surface area contributed by atoms with E-state index in [0.29, 0.717) is 12.0 Å². The van der Waals surface area contributed by atoms with Crippen LogP contribution in [0, 0.1) is 0 Å². The highest BCUT2D eigenvalue weighted by Gasteiger charge is 2.41. The van der Waals surface area contributed by atoms with Crippen LogP contribution in [0.5, 0.6) is 5.75 Å². The molecule has 1 aliphatic heterocycles. The maximum atomic E-state index is 14.0. The van der Waals surface area contributed by atoms with Gasteiger partial charge in [0.2, 0.25) is 15.9 Å². The number of sulfonamides is 1. The normalized spacial score (nSPS) is 17.6. The molecule has 1 aromatic heterocycles. The van der Waals surface area contributed by atoms with Gasteiger partial charge >= 0.3 is 6.36 Å². The van der Waals surface area contributed by atoms with Gasteiger partial charge < -0.3 is 20.7 Å². The first-order chi connectivity index (χ1) is 22.1. The van der Waals surface area contributed by atoms with Crippen molar-refractivity contribution in [2.24, 2.45) is 0 Å². The van der Waals surface area contributed by atoms with Gasteiger partial charge in [-0.15, -0.1) is 13.2 Å². The number of carbonyl (C=O) groups excluding carboxylic acids is 2. The van der Waals surface area contributed by atoms with Crippen molar-refractivity contribution in [1.82, 2.24) is 25.2 Å². The van der Waals surface area contributed by atoms with Crippen molar-refractivity contribution >= 4 is 21.8 Å². The molecule has 2 atom stereocenters. The summed E-state index contributed by atoms with van der Waals surface area (Å²) < 4.78 is 98.1. The fourth-order valence-corrected chi connectivity index (χ4v) is 6.69. The summed E-state index contributed by atoms with van der Waals surface area (Å²) in [5.41, 5.74) is 1.28. The second-order valence-electron chi connectivity index (χ2n) is 10.9. The van der Waals surface area contributed by atoms with Crippen molar-refractivity contribution in [2.75, 3.05) is 13.6 Å². The van der Waals surface area contributed by atoms with Crippen LogP contribution in [0.15, 0.2) is 71.8 Å². The molecule has 2 aromatic carbocycles. The Kier molecular flexibility index (Phi) is 11.2. The van der Waals surface area contributed by atoms with Gasteiger partial charge in [0.25, 0.3) is 11.8 Å². The Labute approximate surface area is 268 Å². The molecule has 3 N–H and O–H groups in total. The van der Waals surface area contributed by atoms with Crippen LogP contribution in [-0.4, -0.2) is 61.6 Å². The summed E-state index contributed by atoms with van der Waals surface area (Å²) in [6, 6.07) is 10.9. The van der Waals surface area contributed by atoms with E-state index in [4.69, 9.17) is 0 Å². The molecule has 16 heteroatoms. The number of nitrogens with one attached hydrogen (secondary N) is 3. The van der Waals surface area contributed by atoms with Crippen LogP contribution in [-0.2, 0) is 33.8 Å². The Bertz CT molecular complexity index is 1650. The summed E-state index contributed by atoms with van der Waals surface area (Å²) in [6.07, 6.45) is -3.53. The lowest BCUT2D eigenvalue weighted by Crippen LogP contribution is -2.56. The van der Waals surface area contributed by atoms with Crippen molar-refractivity contribution in [2.45, 2.75) is 68.5 Å². The molecular weight excluding hydrogens is 649 g/mol. The minimum absolute atomic E-state index is 0.0371. The number of piperidine rings is 1. The van der Waals surface area contributed by atoms with E-state index in [1.54, 1.807) is 12.1 Å². The van der Waals surface area contributed by atoms with Gasteiger partial charge in [-0.1, -0.05) is 31.2 Å². The van der Waals surface area contributed by atoms with Crippen molar-refractivity contribution in [3.05, 3.63) is 89.2 Å². The molecule has 254 valence electrons. The number of benzene rings is 2. The third-order valence-electron chi connectivity index (χ3n) is 7.69. The first-order valence-corrected chi connectivity index (χ1v) is 16.1. The van der Waals surface area contributed by atoms with Gasteiger partial charge in [0.1, 0.15) is 17.5 Å². The Morgan fingerprint density at radius 3 is 2.28 bits per heavy atom. The molecule has 0 unspecified atom stereocenters. The first kappa shape index (κ1) is 35.7. The number of pyridine rings is 1. The van der Waals surface area contributed by atoms with Gasteiger partial charge in [0.05, 0.1) is 4.90 Å². The Hall–Kier alpha value is -4.15. The molecule has 1 aliphatic rings. The van der Waals surface area contributed by atoms with Gasteiger partial charge in [0.15, 0.2) is 0 Å². The first-order valence-electron chi connectivity index (χ1n) is 14.7. The fourth-order valence-electron chi connectivity index (χ4n) is 5.08. The van der Waals surface area contributed by atoms with Crippen LogP contribution in [0.2, 0.25) is 0 Å². The van der Waals surface area contributed by atoms with Crippen LogP contribution in [0.25, 0.3) is 0 Å². The summed E-state index contributed by atoms with van der Waals surface area (Å²) in [4.78, 5) is 29.2. The summed E-state index contributed by atoms with van der Waals surface area (Å²) >= 11 is 0. The molecule has 1 saturated heterocycles. The van der Waals surface area contributed by atoms with Crippen molar-refractivity contribution in [3.8, 4) is 5.75 Å². The zero-order chi connectivity index (χ0) is 34.4. The Morgan fingerprint density at radius 2 is 1.66 bits per heavy atom. The molecule has 0 radical (unpaired) electrons. The van der Waals surface area contributed by atoms with E-state index in [1.165, 1.54) is 44.4 Å². The van der Waals surface area contributed by atoms with Gasteiger partial charge in [-0.2, -0.15) is 4.31 Å². The average Bonchev–Trinajstić information content (AvgIpc) is 3.05. The number of ether oxygens (including phenoxy) is 1. The molecule has 3 aromatic rings. The second-order valence-corrected chi connectivity index (χ2v) is 12.7. The Balaban J connectivity index is 1.52. The van der Waals surface area contributed by atoms with Crippen LogP contribution in [0.3, 0.4) is 0 Å². The summed E-state index contributed by atoms with van der Waals surface area (Å²) in [6.45, 7) is 1.49. The third kappa shape index (κ3) is 9.23. The SMILES string of the molecule is CCC(F)(F)c1ccc(CNC(=O)[C@H]2C[C@H](NCc3ccnc(C(=O)NC)c3)CCN2S(=O)(=O)c2ccc(OC(F)(F)F)cc2)cc1. The molecule has 2 heterocycles. The minimum atomic E-state index is -4.96. The molecule has 47 heavy (non-hydrogen) atoms. The highest BCUT2D eigenvalue weighted by Crippen LogP contribution is 2.32. The van der Waals surface area contributed by atoms with Gasteiger partial charge in [0, 0.05) is 50.9 Å². The molecule has 0 saturated carbocycles. The van der Waals surface area contributed by atoms with E-state index in [-0.39, 0.29) is 60.6 Å². The summed E-state index contributed by atoms with van der Waals surface area (Å²) in [5, 5.41) is 8.48. The lowest BCUT2D eigenvalue weighted by Gasteiger charge is -2.38. The predicted molar refractivity (Wildman–Crippen MR) is 161 cm³/mol. The van der Waals surface area contributed by atoms with Gasteiger partial charge in [-0.05, 0) is 60.4 Å². The lowest BCUT2D eigenvalue weighted by molar-refractivity contribution is -0.274. The van der Waals surface area contributed by atoms with E-state index in [9.17, 15) is 40.0 Å². The zero-order valence-corrected chi connectivity index (χ0v) is 26.3. The molecule has 0 spiro atoms. The topological polar surface area (TPSA) is 130 Å². The van der Waals surface area contributed by atoms with E-state index < -0.39 is 40.0 Å². The van der Waals surface area contributed by atoms with Gasteiger partial charge in [-0.25, -0.2) is 17.2 Å². The predicted octanol–water partition coefficient (Wildman–Crippen LogP) is 4.47. The third-order valence-corrected chi connectivity index (χ3v) is 9.61. The standard InChI is InChI=1S/C31H34F5N5O5S/c1-3-30(32,33)22-6-4-20(5-7-22)18-40-29(43)27-17-23(39-19-21-12-14-38-26(16-21)28(42)37-2)13-15-41(27)47(44,45)25-10-8-24(9-11-25)46-31(34,35)36/h4-12,14,16,23,27,39H,3,13,15,17-19H2,1-2H3,(H,37,42)(H,40,43)/t23-,27-/m1/s1. The van der Waals surface area contributed by atoms with Crippen molar-refractivity contribution in [1.29, 1.82) is 0 Å². The highest BCUT2D eigenvalue weighted by atomic mass is 32.2. The number of rotatable bonds is 12. The summed E-state index contributed by atoms with van der Waals surface area (Å²) in [7, 11) is -2.88. The number of alkyl halides is 5. The van der Waals surface area contributed by atoms with E-state index in [2.05, 4.69) is 25.7 Å². The molecule has 0 aliphatic carbocycles. The van der Waals surface area contributed by atoms with E-state index in [0.717, 1.165) is 34.1 Å². The maximum absolute atomic E-state index is 14.0. The van der Waals surface area contributed by atoms with Crippen LogP contribution in [0.4, 0.5) is 22.0 Å². The summed E-state index contributed by atoms with van der Waals surface area (Å²) in [5.74, 6) is -4.62. The molecule has 10 nitrogen and oxygen atoms in total. The lowest BCUT2D eigenvalue weighted by atomic mass is 9.98. The monoisotopic (exact) mass is 683 g/mol. The number of amides is 2. The quantitative estimate of drug-likeness (QED) is 0.241. The Morgan fingerprint density at radius 1 is 0.979 bits per heavy atom. The molecule has 0 bridgehead atoms. The van der Waals surface area contributed by atoms with Crippen molar-refractivity contribution in [3.63, 3.8) is 0 Å². The number of carbonyl (C=O) groups is 2.